The Morgan fingerprint density at radius 3 is 2.75 bits per heavy atom. The van der Waals surface area contributed by atoms with E-state index in [1.807, 2.05) is 6.92 Å². The molecule has 1 aromatic heterocycles. The highest BCUT2D eigenvalue weighted by Crippen LogP contribution is 2.24. The minimum atomic E-state index is 0.493. The first-order valence-corrected chi connectivity index (χ1v) is 4.35. The van der Waals surface area contributed by atoms with E-state index in [-0.39, 0.29) is 0 Å². The van der Waals surface area contributed by atoms with Crippen molar-refractivity contribution in [2.45, 2.75) is 13.5 Å². The standard InChI is InChI=1S/C7H12N2O2S/c1-5-6(4-9(2)10)12-7(8-5)11-3/h10H,4H2,1-3H3. The fraction of sp³-hybridized carbons (Fsp3) is 0.571. The lowest BCUT2D eigenvalue weighted by Crippen LogP contribution is -2.11. The maximum Gasteiger partial charge on any atom is 0.273 e. The molecule has 0 spiro atoms. The van der Waals surface area contributed by atoms with Gasteiger partial charge in [-0.15, -0.1) is 0 Å². The molecule has 0 saturated carbocycles. The Balaban J connectivity index is 2.77. The molecule has 0 saturated heterocycles. The van der Waals surface area contributed by atoms with Crippen LogP contribution in [0.3, 0.4) is 0 Å². The van der Waals surface area contributed by atoms with E-state index in [0.717, 1.165) is 15.6 Å². The number of hydrogen-bond donors (Lipinski definition) is 1. The van der Waals surface area contributed by atoms with Crippen LogP contribution in [0.25, 0.3) is 0 Å². The fourth-order valence-corrected chi connectivity index (χ4v) is 1.76. The monoisotopic (exact) mass is 188 g/mol. The van der Waals surface area contributed by atoms with Crippen molar-refractivity contribution in [2.75, 3.05) is 14.2 Å². The maximum absolute atomic E-state index is 8.98. The van der Waals surface area contributed by atoms with E-state index < -0.39 is 0 Å². The summed E-state index contributed by atoms with van der Waals surface area (Å²) in [7, 11) is 3.19. The van der Waals surface area contributed by atoms with Gasteiger partial charge in [-0.2, -0.15) is 5.06 Å². The van der Waals surface area contributed by atoms with Crippen LogP contribution in [0.4, 0.5) is 0 Å². The number of aryl methyl sites for hydroxylation is 1. The molecule has 0 bridgehead atoms. The van der Waals surface area contributed by atoms with Crippen molar-refractivity contribution >= 4 is 11.3 Å². The molecule has 0 aliphatic carbocycles. The van der Waals surface area contributed by atoms with Gasteiger partial charge >= 0.3 is 0 Å². The molecular formula is C7H12N2O2S. The third-order valence-electron chi connectivity index (χ3n) is 1.42. The largest absolute Gasteiger partial charge is 0.473 e. The van der Waals surface area contributed by atoms with Crippen LogP contribution in [0, 0.1) is 6.92 Å². The Labute approximate surface area is 75.4 Å². The highest BCUT2D eigenvalue weighted by atomic mass is 32.1. The van der Waals surface area contributed by atoms with Gasteiger partial charge in [0, 0.05) is 11.9 Å². The van der Waals surface area contributed by atoms with Crippen LogP contribution >= 0.6 is 11.3 Å². The van der Waals surface area contributed by atoms with Gasteiger partial charge in [-0.25, -0.2) is 4.98 Å². The Hall–Kier alpha value is -0.650. The summed E-state index contributed by atoms with van der Waals surface area (Å²) >= 11 is 1.45. The lowest BCUT2D eigenvalue weighted by atomic mass is 10.4. The van der Waals surface area contributed by atoms with E-state index in [9.17, 15) is 0 Å². The van der Waals surface area contributed by atoms with Crippen molar-refractivity contribution < 1.29 is 9.94 Å². The van der Waals surface area contributed by atoms with E-state index in [1.165, 1.54) is 11.3 Å². The summed E-state index contributed by atoms with van der Waals surface area (Å²) in [6, 6.07) is 0. The summed E-state index contributed by atoms with van der Waals surface area (Å²) in [5.41, 5.74) is 0.915. The summed E-state index contributed by atoms with van der Waals surface area (Å²) in [6.07, 6.45) is 0. The van der Waals surface area contributed by atoms with E-state index in [1.54, 1.807) is 14.2 Å². The van der Waals surface area contributed by atoms with Gasteiger partial charge in [0.2, 0.25) is 0 Å². The molecule has 0 radical (unpaired) electrons. The molecule has 5 heteroatoms. The normalized spacial score (nSPS) is 10.8. The van der Waals surface area contributed by atoms with Gasteiger partial charge in [-0.1, -0.05) is 11.3 Å². The smallest absolute Gasteiger partial charge is 0.273 e. The van der Waals surface area contributed by atoms with Crippen LogP contribution in [-0.2, 0) is 6.54 Å². The first-order valence-electron chi connectivity index (χ1n) is 3.53. The van der Waals surface area contributed by atoms with Crippen molar-refractivity contribution in [1.82, 2.24) is 10.0 Å². The van der Waals surface area contributed by atoms with Crippen LogP contribution < -0.4 is 4.74 Å². The molecule has 1 rings (SSSR count). The van der Waals surface area contributed by atoms with E-state index in [0.29, 0.717) is 11.7 Å². The van der Waals surface area contributed by atoms with Crippen LogP contribution in [0.5, 0.6) is 5.19 Å². The van der Waals surface area contributed by atoms with Crippen LogP contribution in [0.2, 0.25) is 0 Å². The fourth-order valence-electron chi connectivity index (χ4n) is 0.843. The Bertz CT molecular complexity index is 260. The van der Waals surface area contributed by atoms with Crippen molar-refractivity contribution in [1.29, 1.82) is 0 Å². The van der Waals surface area contributed by atoms with Gasteiger partial charge in [0.05, 0.1) is 19.3 Å². The van der Waals surface area contributed by atoms with E-state index >= 15 is 0 Å². The zero-order valence-electron chi connectivity index (χ0n) is 7.37. The highest BCUT2D eigenvalue weighted by Gasteiger charge is 2.08. The topological polar surface area (TPSA) is 45.6 Å². The second-order valence-corrected chi connectivity index (χ2v) is 3.55. The Kier molecular flexibility index (Phi) is 3.02. The number of aromatic nitrogens is 1. The van der Waals surface area contributed by atoms with Gasteiger partial charge in [0.15, 0.2) is 0 Å². The summed E-state index contributed by atoms with van der Waals surface area (Å²) in [5.74, 6) is 0. The molecule has 0 atom stereocenters. The summed E-state index contributed by atoms with van der Waals surface area (Å²) in [4.78, 5) is 5.17. The number of nitrogens with zero attached hydrogens (tertiary/aromatic N) is 2. The zero-order chi connectivity index (χ0) is 9.14. The molecule has 12 heavy (non-hydrogen) atoms. The average molecular weight is 188 g/mol. The van der Waals surface area contributed by atoms with Gasteiger partial charge < -0.3 is 9.94 Å². The minimum Gasteiger partial charge on any atom is -0.473 e. The first kappa shape index (κ1) is 9.44. The van der Waals surface area contributed by atoms with Gasteiger partial charge in [-0.3, -0.25) is 0 Å². The average Bonchev–Trinajstić information content (AvgIpc) is 2.31. The predicted molar refractivity (Wildman–Crippen MR) is 46.7 cm³/mol. The van der Waals surface area contributed by atoms with Crippen LogP contribution in [0.1, 0.15) is 10.6 Å². The Morgan fingerprint density at radius 2 is 2.33 bits per heavy atom. The summed E-state index contributed by atoms with van der Waals surface area (Å²) < 4.78 is 4.96. The zero-order valence-corrected chi connectivity index (χ0v) is 8.18. The molecule has 1 N–H and O–H groups in total. The molecule has 0 amide bonds. The van der Waals surface area contributed by atoms with Gasteiger partial charge in [0.1, 0.15) is 0 Å². The number of methoxy groups -OCH3 is 1. The van der Waals surface area contributed by atoms with Crippen molar-refractivity contribution in [3.05, 3.63) is 10.6 Å². The van der Waals surface area contributed by atoms with E-state index in [4.69, 9.17) is 9.94 Å². The Morgan fingerprint density at radius 1 is 1.67 bits per heavy atom. The lowest BCUT2D eigenvalue weighted by Gasteiger charge is -2.04. The second kappa shape index (κ2) is 3.84. The third-order valence-corrected chi connectivity index (χ3v) is 2.52. The molecule has 0 unspecified atom stereocenters. The first-order chi connectivity index (χ1) is 5.63. The van der Waals surface area contributed by atoms with Crippen molar-refractivity contribution in [3.8, 4) is 5.19 Å². The molecular weight excluding hydrogens is 176 g/mol. The maximum atomic E-state index is 8.98. The van der Waals surface area contributed by atoms with Gasteiger partial charge in [-0.05, 0) is 6.92 Å². The summed E-state index contributed by atoms with van der Waals surface area (Å²) in [6.45, 7) is 2.39. The molecule has 0 aliphatic rings. The van der Waals surface area contributed by atoms with Crippen LogP contribution in [-0.4, -0.2) is 29.4 Å². The third kappa shape index (κ3) is 2.17. The molecule has 4 nitrogen and oxygen atoms in total. The molecule has 1 heterocycles. The van der Waals surface area contributed by atoms with Gasteiger partial charge in [0.25, 0.3) is 5.19 Å². The summed E-state index contributed by atoms with van der Waals surface area (Å²) in [5, 5.41) is 10.8. The lowest BCUT2D eigenvalue weighted by molar-refractivity contribution is -0.0725. The molecule has 0 fully saturated rings. The quantitative estimate of drug-likeness (QED) is 0.726. The van der Waals surface area contributed by atoms with Crippen molar-refractivity contribution in [2.24, 2.45) is 0 Å². The van der Waals surface area contributed by atoms with Crippen LogP contribution in [0.15, 0.2) is 0 Å². The number of hydroxylamine groups is 2. The predicted octanol–water partition coefficient (Wildman–Crippen LogP) is 1.28. The number of ether oxygens (including phenoxy) is 1. The number of hydrogen-bond acceptors (Lipinski definition) is 5. The second-order valence-electron chi connectivity index (χ2n) is 2.51. The van der Waals surface area contributed by atoms with E-state index in [2.05, 4.69) is 4.98 Å². The SMILES string of the molecule is COc1nc(C)c(CN(C)O)s1. The minimum absolute atomic E-state index is 0.493. The number of thiazole rings is 1. The number of rotatable bonds is 3. The molecule has 0 aromatic carbocycles. The highest BCUT2D eigenvalue weighted by molar-refractivity contribution is 7.13. The van der Waals surface area contributed by atoms with Crippen molar-refractivity contribution in [3.63, 3.8) is 0 Å². The molecule has 68 valence electrons. The molecule has 0 aliphatic heterocycles. The molecule has 1 aromatic rings.